The smallest absolute Gasteiger partial charge is 0.410 e. The number of likely N-dealkylation sites (N-methyl/N-ethyl adjacent to an activating group) is 1. The molecule has 2 aliphatic rings. The fraction of sp³-hybridized carbons (Fsp3) is 0.818. The Labute approximate surface area is 185 Å². The summed E-state index contributed by atoms with van der Waals surface area (Å²) in [7, 11) is 0. The van der Waals surface area contributed by atoms with Crippen molar-refractivity contribution < 1.29 is 23.9 Å². The number of piperazine rings is 1. The van der Waals surface area contributed by atoms with Crippen LogP contribution in [-0.4, -0.2) is 101 Å². The molecule has 9 heteroatoms. The molecular formula is C22H38N4O5. The minimum absolute atomic E-state index is 0.0144. The summed E-state index contributed by atoms with van der Waals surface area (Å²) in [5.41, 5.74) is -0.565. The van der Waals surface area contributed by atoms with E-state index in [1.165, 1.54) is 9.80 Å². The van der Waals surface area contributed by atoms with Crippen LogP contribution in [0, 0.1) is 5.92 Å². The first-order chi connectivity index (χ1) is 14.4. The van der Waals surface area contributed by atoms with Gasteiger partial charge in [0.2, 0.25) is 5.91 Å². The number of piperidine rings is 1. The molecule has 0 aromatic rings. The van der Waals surface area contributed by atoms with Crippen LogP contribution in [-0.2, 0) is 19.1 Å². The molecule has 176 valence electrons. The molecule has 0 bridgehead atoms. The van der Waals surface area contributed by atoms with Crippen molar-refractivity contribution in [3.63, 3.8) is 0 Å². The average molecular weight is 439 g/mol. The van der Waals surface area contributed by atoms with Gasteiger partial charge in [-0.25, -0.2) is 4.79 Å². The van der Waals surface area contributed by atoms with Crippen LogP contribution in [0.3, 0.4) is 0 Å². The van der Waals surface area contributed by atoms with Gasteiger partial charge in [0.25, 0.3) is 0 Å². The molecular weight excluding hydrogens is 400 g/mol. The molecule has 2 rings (SSSR count). The standard InChI is InChI=1S/C22H38N4O5/c1-7-23-11-12-25(20(29)19(23)28)15-18(27)24-10-8-9-17(13-24)14-26(16(2)3)21(30)31-22(4,5)6/h16-17H,7-15H2,1-6H3. The Morgan fingerprint density at radius 2 is 1.71 bits per heavy atom. The van der Waals surface area contributed by atoms with E-state index in [-0.39, 0.29) is 30.5 Å². The van der Waals surface area contributed by atoms with Gasteiger partial charge < -0.3 is 24.3 Å². The Morgan fingerprint density at radius 1 is 1.10 bits per heavy atom. The van der Waals surface area contributed by atoms with E-state index in [0.717, 1.165) is 12.8 Å². The summed E-state index contributed by atoms with van der Waals surface area (Å²) in [5, 5.41) is 0. The maximum atomic E-state index is 12.9. The zero-order valence-electron chi connectivity index (χ0n) is 19.8. The summed E-state index contributed by atoms with van der Waals surface area (Å²) >= 11 is 0. The molecule has 0 aliphatic carbocycles. The predicted molar refractivity (Wildman–Crippen MR) is 116 cm³/mol. The van der Waals surface area contributed by atoms with E-state index in [2.05, 4.69) is 0 Å². The van der Waals surface area contributed by atoms with Gasteiger partial charge in [0, 0.05) is 45.3 Å². The Kier molecular flexibility index (Phi) is 8.31. The maximum absolute atomic E-state index is 12.9. The van der Waals surface area contributed by atoms with Crippen molar-refractivity contribution in [2.45, 2.75) is 66.0 Å². The minimum atomic E-state index is -0.606. The van der Waals surface area contributed by atoms with Crippen molar-refractivity contribution in [3.05, 3.63) is 0 Å². The van der Waals surface area contributed by atoms with Gasteiger partial charge in [-0.05, 0) is 60.3 Å². The normalized spacial score (nSPS) is 20.4. The Hall–Kier alpha value is -2.32. The first kappa shape index (κ1) is 24.9. The topological polar surface area (TPSA) is 90.5 Å². The van der Waals surface area contributed by atoms with E-state index in [4.69, 9.17) is 4.74 Å². The van der Waals surface area contributed by atoms with Crippen molar-refractivity contribution in [2.24, 2.45) is 5.92 Å². The van der Waals surface area contributed by atoms with E-state index in [1.54, 1.807) is 9.80 Å². The summed E-state index contributed by atoms with van der Waals surface area (Å²) in [6.45, 7) is 14.2. The highest BCUT2D eigenvalue weighted by Gasteiger charge is 2.35. The van der Waals surface area contributed by atoms with Crippen molar-refractivity contribution in [3.8, 4) is 0 Å². The predicted octanol–water partition coefficient (Wildman–Crippen LogP) is 1.56. The second-order valence-corrected chi connectivity index (χ2v) is 9.69. The van der Waals surface area contributed by atoms with Crippen molar-refractivity contribution in [2.75, 3.05) is 45.8 Å². The highest BCUT2D eigenvalue weighted by molar-refractivity contribution is 6.35. The summed E-state index contributed by atoms with van der Waals surface area (Å²) < 4.78 is 5.54. The molecule has 2 aliphatic heterocycles. The minimum Gasteiger partial charge on any atom is -0.444 e. The molecule has 0 aromatic heterocycles. The Balaban J connectivity index is 1.95. The Morgan fingerprint density at radius 3 is 2.29 bits per heavy atom. The van der Waals surface area contributed by atoms with Crippen LogP contribution in [0.25, 0.3) is 0 Å². The lowest BCUT2D eigenvalue weighted by atomic mass is 9.97. The van der Waals surface area contributed by atoms with Gasteiger partial charge in [0.1, 0.15) is 12.1 Å². The van der Waals surface area contributed by atoms with Gasteiger partial charge in [0.15, 0.2) is 0 Å². The summed E-state index contributed by atoms with van der Waals surface area (Å²) in [6, 6.07) is -0.0144. The number of ether oxygens (including phenoxy) is 1. The van der Waals surface area contributed by atoms with E-state index < -0.39 is 17.4 Å². The van der Waals surface area contributed by atoms with Gasteiger partial charge in [-0.3, -0.25) is 14.4 Å². The number of carbonyl (C=O) groups excluding carboxylic acids is 4. The van der Waals surface area contributed by atoms with Gasteiger partial charge in [0.05, 0.1) is 0 Å². The van der Waals surface area contributed by atoms with E-state index >= 15 is 0 Å². The number of likely N-dealkylation sites (tertiary alicyclic amines) is 1. The number of amides is 4. The quantitative estimate of drug-likeness (QED) is 0.587. The highest BCUT2D eigenvalue weighted by Crippen LogP contribution is 2.21. The first-order valence-electron chi connectivity index (χ1n) is 11.3. The van der Waals surface area contributed by atoms with Crippen LogP contribution in [0.1, 0.15) is 54.4 Å². The van der Waals surface area contributed by atoms with Crippen molar-refractivity contribution in [1.82, 2.24) is 19.6 Å². The lowest BCUT2D eigenvalue weighted by Gasteiger charge is -2.39. The largest absolute Gasteiger partial charge is 0.444 e. The lowest BCUT2D eigenvalue weighted by Crippen LogP contribution is -2.57. The molecule has 0 N–H and O–H groups in total. The molecule has 9 nitrogen and oxygen atoms in total. The zero-order chi connectivity index (χ0) is 23.3. The number of hydrogen-bond donors (Lipinski definition) is 0. The summed E-state index contributed by atoms with van der Waals surface area (Å²) in [5.74, 6) is -1.15. The van der Waals surface area contributed by atoms with E-state index in [1.807, 2.05) is 41.5 Å². The third-order valence-corrected chi connectivity index (χ3v) is 5.68. The molecule has 1 atom stereocenters. The average Bonchev–Trinajstić information content (AvgIpc) is 2.68. The molecule has 2 fully saturated rings. The number of nitrogens with zero attached hydrogens (tertiary/aromatic N) is 4. The highest BCUT2D eigenvalue weighted by atomic mass is 16.6. The number of carbonyl (C=O) groups is 4. The molecule has 0 saturated carbocycles. The Bertz CT molecular complexity index is 688. The van der Waals surface area contributed by atoms with Crippen LogP contribution in [0.5, 0.6) is 0 Å². The SMILES string of the molecule is CCN1CCN(CC(=O)N2CCCC(CN(C(=O)OC(C)(C)C)C(C)C)C2)C(=O)C1=O. The number of rotatable bonds is 6. The summed E-state index contributed by atoms with van der Waals surface area (Å²) in [4.78, 5) is 56.2. The molecule has 0 spiro atoms. The maximum Gasteiger partial charge on any atom is 0.410 e. The second-order valence-electron chi connectivity index (χ2n) is 9.69. The lowest BCUT2D eigenvalue weighted by molar-refractivity contribution is -0.157. The van der Waals surface area contributed by atoms with Crippen LogP contribution in [0.4, 0.5) is 4.79 Å². The molecule has 4 amide bonds. The van der Waals surface area contributed by atoms with E-state index in [9.17, 15) is 19.2 Å². The van der Waals surface area contributed by atoms with Gasteiger partial charge >= 0.3 is 17.9 Å². The fourth-order valence-corrected chi connectivity index (χ4v) is 3.97. The second kappa shape index (κ2) is 10.3. The molecule has 2 saturated heterocycles. The molecule has 0 aromatic carbocycles. The fourth-order valence-electron chi connectivity index (χ4n) is 3.97. The van der Waals surface area contributed by atoms with Crippen molar-refractivity contribution >= 4 is 23.8 Å². The monoisotopic (exact) mass is 438 g/mol. The molecule has 1 unspecified atom stereocenters. The first-order valence-corrected chi connectivity index (χ1v) is 11.3. The summed E-state index contributed by atoms with van der Waals surface area (Å²) in [6.07, 6.45) is 1.42. The van der Waals surface area contributed by atoms with Crippen LogP contribution in [0.2, 0.25) is 0 Å². The van der Waals surface area contributed by atoms with Crippen molar-refractivity contribution in [1.29, 1.82) is 0 Å². The van der Waals surface area contributed by atoms with Gasteiger partial charge in [-0.2, -0.15) is 0 Å². The van der Waals surface area contributed by atoms with Crippen LogP contribution >= 0.6 is 0 Å². The van der Waals surface area contributed by atoms with Crippen LogP contribution < -0.4 is 0 Å². The van der Waals surface area contributed by atoms with E-state index in [0.29, 0.717) is 39.3 Å². The third kappa shape index (κ3) is 6.83. The zero-order valence-corrected chi connectivity index (χ0v) is 19.8. The number of hydrogen-bond acceptors (Lipinski definition) is 5. The van der Waals surface area contributed by atoms with Crippen LogP contribution in [0.15, 0.2) is 0 Å². The molecule has 0 radical (unpaired) electrons. The van der Waals surface area contributed by atoms with Gasteiger partial charge in [-0.1, -0.05) is 0 Å². The molecule has 2 heterocycles. The van der Waals surface area contributed by atoms with Gasteiger partial charge in [-0.15, -0.1) is 0 Å². The molecule has 31 heavy (non-hydrogen) atoms. The third-order valence-electron chi connectivity index (χ3n) is 5.68.